The molecule has 0 aliphatic carbocycles. The van der Waals surface area contributed by atoms with Crippen LogP contribution in [0.25, 0.3) is 0 Å². The molecule has 0 fully saturated rings. The average Bonchev–Trinajstić information content (AvgIpc) is 3.06. The summed E-state index contributed by atoms with van der Waals surface area (Å²) < 4.78 is 0. The molecule has 104 valence electrons. The van der Waals surface area contributed by atoms with Gasteiger partial charge in [0.1, 0.15) is 0 Å². The van der Waals surface area contributed by atoms with E-state index in [-0.39, 0.29) is 0 Å². The van der Waals surface area contributed by atoms with E-state index in [0.29, 0.717) is 6.04 Å². The highest BCUT2D eigenvalue weighted by Gasteiger charge is 2.18. The van der Waals surface area contributed by atoms with E-state index in [0.717, 1.165) is 18.1 Å². The van der Waals surface area contributed by atoms with Crippen LogP contribution in [-0.4, -0.2) is 19.1 Å². The number of thiophene rings is 1. The molecule has 19 heavy (non-hydrogen) atoms. The Labute approximate surface area is 123 Å². The van der Waals surface area contributed by atoms with Crippen molar-refractivity contribution >= 4 is 27.8 Å². The van der Waals surface area contributed by atoms with E-state index in [4.69, 9.17) is 4.98 Å². The second-order valence-electron chi connectivity index (χ2n) is 4.55. The summed E-state index contributed by atoms with van der Waals surface area (Å²) >= 11 is 3.60. The molecule has 0 spiro atoms. The number of hydrogen-bond donors (Lipinski definition) is 1. The topological polar surface area (TPSA) is 28.2 Å². The first-order valence-corrected chi connectivity index (χ1v) is 8.26. The third-order valence-corrected chi connectivity index (χ3v) is 5.51. The van der Waals surface area contributed by atoms with Crippen molar-refractivity contribution in [2.24, 2.45) is 0 Å². The largest absolute Gasteiger partial charge is 0.344 e. The Morgan fingerprint density at radius 1 is 1.47 bits per heavy atom. The molecule has 0 aliphatic heterocycles. The number of hydrogen-bond acceptors (Lipinski definition) is 5. The standard InChI is InChI=1S/C14H21N3S2/c1-5-11-13(9-15-3)19-14(16-11)17(4)10(2)12-7-6-8-18-12/h6-8,10,15H,5,9H2,1-4H3. The van der Waals surface area contributed by atoms with Gasteiger partial charge in [0.25, 0.3) is 0 Å². The van der Waals surface area contributed by atoms with Crippen LogP contribution >= 0.6 is 22.7 Å². The number of nitrogens with one attached hydrogen (secondary N) is 1. The zero-order valence-corrected chi connectivity index (χ0v) is 13.6. The lowest BCUT2D eigenvalue weighted by atomic mass is 10.2. The molecule has 0 saturated carbocycles. The van der Waals surface area contributed by atoms with E-state index in [9.17, 15) is 0 Å². The molecular formula is C14H21N3S2. The van der Waals surface area contributed by atoms with E-state index in [1.54, 1.807) is 22.7 Å². The molecule has 0 aliphatic rings. The van der Waals surface area contributed by atoms with Crippen LogP contribution in [0, 0.1) is 0 Å². The number of aryl methyl sites for hydroxylation is 1. The van der Waals surface area contributed by atoms with Crippen LogP contribution in [0.4, 0.5) is 5.13 Å². The minimum Gasteiger partial charge on any atom is -0.344 e. The van der Waals surface area contributed by atoms with Gasteiger partial charge < -0.3 is 10.2 Å². The third kappa shape index (κ3) is 3.16. The fourth-order valence-electron chi connectivity index (χ4n) is 1.98. The van der Waals surface area contributed by atoms with Crippen LogP contribution in [0.5, 0.6) is 0 Å². The van der Waals surface area contributed by atoms with Gasteiger partial charge >= 0.3 is 0 Å². The van der Waals surface area contributed by atoms with Crippen molar-refractivity contribution in [2.75, 3.05) is 19.0 Å². The molecule has 0 amide bonds. The molecule has 1 N–H and O–H groups in total. The Kier molecular flexibility index (Phi) is 4.96. The smallest absolute Gasteiger partial charge is 0.186 e. The first-order chi connectivity index (χ1) is 9.17. The molecule has 0 radical (unpaired) electrons. The van der Waals surface area contributed by atoms with Gasteiger partial charge in [-0.15, -0.1) is 22.7 Å². The Balaban J connectivity index is 2.21. The van der Waals surface area contributed by atoms with Crippen LogP contribution in [0.15, 0.2) is 17.5 Å². The van der Waals surface area contributed by atoms with E-state index < -0.39 is 0 Å². The summed E-state index contributed by atoms with van der Waals surface area (Å²) in [4.78, 5) is 9.79. The average molecular weight is 295 g/mol. The van der Waals surface area contributed by atoms with Crippen molar-refractivity contribution in [3.63, 3.8) is 0 Å². The fourth-order valence-corrected chi connectivity index (χ4v) is 4.01. The zero-order valence-electron chi connectivity index (χ0n) is 11.9. The highest BCUT2D eigenvalue weighted by molar-refractivity contribution is 7.15. The van der Waals surface area contributed by atoms with Crippen LogP contribution < -0.4 is 10.2 Å². The maximum absolute atomic E-state index is 4.79. The molecule has 1 atom stereocenters. The summed E-state index contributed by atoms with van der Waals surface area (Å²) in [6.45, 7) is 5.30. The predicted molar refractivity (Wildman–Crippen MR) is 85.4 cm³/mol. The number of nitrogens with zero attached hydrogens (tertiary/aromatic N) is 2. The van der Waals surface area contributed by atoms with E-state index in [1.807, 2.05) is 7.05 Å². The summed E-state index contributed by atoms with van der Waals surface area (Å²) in [6.07, 6.45) is 0.995. The molecule has 0 saturated heterocycles. The lowest BCUT2D eigenvalue weighted by molar-refractivity contribution is 0.748. The molecule has 2 heterocycles. The summed E-state index contributed by atoms with van der Waals surface area (Å²) in [5, 5.41) is 6.47. The first-order valence-electron chi connectivity index (χ1n) is 6.56. The normalized spacial score (nSPS) is 12.6. The van der Waals surface area contributed by atoms with Crippen LogP contribution in [0.2, 0.25) is 0 Å². The van der Waals surface area contributed by atoms with Gasteiger partial charge in [0.2, 0.25) is 0 Å². The first kappa shape index (κ1) is 14.5. The second-order valence-corrected chi connectivity index (χ2v) is 6.59. The van der Waals surface area contributed by atoms with Crippen molar-refractivity contribution in [1.29, 1.82) is 0 Å². The Bertz CT molecular complexity index is 505. The maximum Gasteiger partial charge on any atom is 0.186 e. The van der Waals surface area contributed by atoms with Gasteiger partial charge in [0.05, 0.1) is 11.7 Å². The van der Waals surface area contributed by atoms with Gasteiger partial charge in [-0.05, 0) is 31.8 Å². The minimum atomic E-state index is 0.373. The molecular weight excluding hydrogens is 274 g/mol. The maximum atomic E-state index is 4.79. The molecule has 2 rings (SSSR count). The van der Waals surface area contributed by atoms with Gasteiger partial charge in [0, 0.05) is 23.3 Å². The zero-order chi connectivity index (χ0) is 13.8. The highest BCUT2D eigenvalue weighted by atomic mass is 32.1. The van der Waals surface area contributed by atoms with E-state index in [2.05, 4.69) is 48.6 Å². The van der Waals surface area contributed by atoms with Gasteiger partial charge in [-0.3, -0.25) is 0 Å². The predicted octanol–water partition coefficient (Wildman–Crippen LogP) is 3.68. The number of anilines is 1. The minimum absolute atomic E-state index is 0.373. The molecule has 1 unspecified atom stereocenters. The molecule has 2 aromatic rings. The third-order valence-electron chi connectivity index (χ3n) is 3.28. The van der Waals surface area contributed by atoms with Crippen molar-refractivity contribution in [2.45, 2.75) is 32.9 Å². The van der Waals surface area contributed by atoms with Gasteiger partial charge in [0.15, 0.2) is 5.13 Å². The Morgan fingerprint density at radius 3 is 2.84 bits per heavy atom. The second kappa shape index (κ2) is 6.50. The summed E-state index contributed by atoms with van der Waals surface area (Å²) in [5.41, 5.74) is 1.22. The Morgan fingerprint density at radius 2 is 2.26 bits per heavy atom. The highest BCUT2D eigenvalue weighted by Crippen LogP contribution is 2.32. The van der Waals surface area contributed by atoms with Crippen molar-refractivity contribution < 1.29 is 0 Å². The van der Waals surface area contributed by atoms with E-state index in [1.165, 1.54) is 15.4 Å². The van der Waals surface area contributed by atoms with Gasteiger partial charge in [-0.1, -0.05) is 13.0 Å². The van der Waals surface area contributed by atoms with Crippen molar-refractivity contribution in [1.82, 2.24) is 10.3 Å². The quantitative estimate of drug-likeness (QED) is 0.881. The van der Waals surface area contributed by atoms with Crippen molar-refractivity contribution in [3.05, 3.63) is 33.0 Å². The molecule has 3 nitrogen and oxygen atoms in total. The lowest BCUT2D eigenvalue weighted by Crippen LogP contribution is -2.20. The molecule has 2 aromatic heterocycles. The van der Waals surface area contributed by atoms with Gasteiger partial charge in [-0.25, -0.2) is 4.98 Å². The van der Waals surface area contributed by atoms with Gasteiger partial charge in [-0.2, -0.15) is 0 Å². The summed E-state index contributed by atoms with van der Waals surface area (Å²) in [5.74, 6) is 0. The summed E-state index contributed by atoms with van der Waals surface area (Å²) in [7, 11) is 4.11. The SMILES string of the molecule is CCc1nc(N(C)C(C)c2cccs2)sc1CNC. The van der Waals surface area contributed by atoms with Crippen LogP contribution in [0.1, 0.15) is 35.3 Å². The number of aromatic nitrogens is 1. The Hall–Kier alpha value is -0.910. The van der Waals surface area contributed by atoms with Crippen LogP contribution in [-0.2, 0) is 13.0 Å². The fraction of sp³-hybridized carbons (Fsp3) is 0.500. The molecule has 0 bridgehead atoms. The van der Waals surface area contributed by atoms with E-state index >= 15 is 0 Å². The number of rotatable bonds is 6. The summed E-state index contributed by atoms with van der Waals surface area (Å²) in [6, 6.07) is 4.67. The van der Waals surface area contributed by atoms with Crippen molar-refractivity contribution in [3.8, 4) is 0 Å². The molecule has 5 heteroatoms. The van der Waals surface area contributed by atoms with Crippen LogP contribution in [0.3, 0.4) is 0 Å². The molecule has 0 aromatic carbocycles. The number of thiazole rings is 1. The lowest BCUT2D eigenvalue weighted by Gasteiger charge is -2.23. The monoisotopic (exact) mass is 295 g/mol.